The first kappa shape index (κ1) is 25.3. The van der Waals surface area contributed by atoms with Crippen LogP contribution in [0.4, 0.5) is 21.0 Å². The van der Waals surface area contributed by atoms with Gasteiger partial charge in [0, 0.05) is 17.8 Å². The SMILES string of the molecule is CCOC(=O)[C@@H]1N(c2ccccc2)[C@@H](c2ccc([N+](=O)[O-])cc2)N(C(=O)OCC)N1C(=O)OCC. The maximum absolute atomic E-state index is 13.2. The summed E-state index contributed by atoms with van der Waals surface area (Å²) in [5.74, 6) is -0.803. The van der Waals surface area contributed by atoms with Crippen LogP contribution < -0.4 is 4.90 Å². The van der Waals surface area contributed by atoms with Gasteiger partial charge in [0.2, 0.25) is 6.17 Å². The summed E-state index contributed by atoms with van der Waals surface area (Å²) in [6.45, 7) is 4.80. The summed E-state index contributed by atoms with van der Waals surface area (Å²) in [6, 6.07) is 14.1. The number of anilines is 1. The van der Waals surface area contributed by atoms with Crippen molar-refractivity contribution in [1.29, 1.82) is 0 Å². The zero-order chi connectivity index (χ0) is 25.5. The van der Waals surface area contributed by atoms with Gasteiger partial charge < -0.3 is 19.1 Å². The van der Waals surface area contributed by atoms with Gasteiger partial charge in [-0.25, -0.2) is 14.4 Å². The van der Waals surface area contributed by atoms with Crippen molar-refractivity contribution in [2.45, 2.75) is 33.1 Å². The zero-order valence-corrected chi connectivity index (χ0v) is 19.5. The Morgan fingerprint density at radius 1 is 0.829 bits per heavy atom. The lowest BCUT2D eigenvalue weighted by Crippen LogP contribution is -2.53. The molecule has 2 amide bonds. The first-order valence-corrected chi connectivity index (χ1v) is 11.0. The number of benzene rings is 2. The predicted molar refractivity (Wildman–Crippen MR) is 123 cm³/mol. The number of carbonyl (C=O) groups is 3. The van der Waals surface area contributed by atoms with Crippen LogP contribution in [0.5, 0.6) is 0 Å². The molecule has 0 spiro atoms. The predicted octanol–water partition coefficient (Wildman–Crippen LogP) is 3.83. The first-order chi connectivity index (χ1) is 16.8. The van der Waals surface area contributed by atoms with Crippen LogP contribution in [0.15, 0.2) is 54.6 Å². The summed E-state index contributed by atoms with van der Waals surface area (Å²) >= 11 is 0. The van der Waals surface area contributed by atoms with Crippen molar-refractivity contribution < 1.29 is 33.5 Å². The van der Waals surface area contributed by atoms with Gasteiger partial charge in [-0.15, -0.1) is 0 Å². The second kappa shape index (κ2) is 11.2. The van der Waals surface area contributed by atoms with Gasteiger partial charge in [0.1, 0.15) is 0 Å². The molecule has 1 saturated heterocycles. The lowest BCUT2D eigenvalue weighted by atomic mass is 10.1. The molecule has 12 nitrogen and oxygen atoms in total. The Kier molecular flexibility index (Phi) is 8.08. The number of nitro benzene ring substituents is 1. The number of amides is 2. The van der Waals surface area contributed by atoms with E-state index in [1.165, 1.54) is 29.2 Å². The Bertz CT molecular complexity index is 1060. The number of para-hydroxylation sites is 1. The van der Waals surface area contributed by atoms with E-state index < -0.39 is 35.4 Å². The summed E-state index contributed by atoms with van der Waals surface area (Å²) in [7, 11) is 0. The zero-order valence-electron chi connectivity index (χ0n) is 19.5. The van der Waals surface area contributed by atoms with Gasteiger partial charge >= 0.3 is 18.2 Å². The van der Waals surface area contributed by atoms with Crippen LogP contribution >= 0.6 is 0 Å². The number of hydrogen-bond donors (Lipinski definition) is 0. The molecule has 1 aliphatic rings. The van der Waals surface area contributed by atoms with Gasteiger partial charge in [0.05, 0.1) is 24.7 Å². The van der Waals surface area contributed by atoms with Crippen LogP contribution in [0.1, 0.15) is 32.5 Å². The standard InChI is InChI=1S/C23H26N4O8/c1-4-33-21(28)20-24(17-10-8-7-9-11-17)19(16-12-14-18(15-13-16)27(31)32)25(22(29)34-5-2)26(20)23(30)35-6-3/h7-15,19-20H,4-6H2,1-3H3/t19-,20-/m1/s1. The number of nitrogens with zero attached hydrogens (tertiary/aromatic N) is 4. The molecule has 3 rings (SSSR count). The summed E-state index contributed by atoms with van der Waals surface area (Å²) < 4.78 is 15.7. The smallest absolute Gasteiger partial charge is 0.431 e. The number of ether oxygens (including phenoxy) is 3. The van der Waals surface area contributed by atoms with Crippen LogP contribution in [0.2, 0.25) is 0 Å². The van der Waals surface area contributed by atoms with Crippen molar-refractivity contribution in [2.75, 3.05) is 24.7 Å². The van der Waals surface area contributed by atoms with Gasteiger partial charge in [0.15, 0.2) is 6.17 Å². The van der Waals surface area contributed by atoms with Crippen LogP contribution in [0, 0.1) is 10.1 Å². The summed E-state index contributed by atoms with van der Waals surface area (Å²) in [6.07, 6.45) is -4.42. The molecule has 0 N–H and O–H groups in total. The molecule has 186 valence electrons. The van der Waals surface area contributed by atoms with Gasteiger partial charge in [-0.05, 0) is 50.6 Å². The van der Waals surface area contributed by atoms with E-state index in [1.54, 1.807) is 51.1 Å². The number of esters is 1. The molecule has 0 aliphatic carbocycles. The van der Waals surface area contributed by atoms with Crippen molar-refractivity contribution in [3.63, 3.8) is 0 Å². The molecule has 0 aromatic heterocycles. The number of hydrogen-bond acceptors (Lipinski definition) is 9. The molecule has 1 fully saturated rings. The van der Waals surface area contributed by atoms with E-state index in [0.717, 1.165) is 10.0 Å². The summed E-state index contributed by atoms with van der Waals surface area (Å²) in [5, 5.41) is 13.0. The fraction of sp³-hybridized carbons (Fsp3) is 0.348. The number of hydrazine groups is 1. The molecular formula is C23H26N4O8. The lowest BCUT2D eigenvalue weighted by molar-refractivity contribution is -0.384. The van der Waals surface area contributed by atoms with Gasteiger partial charge in [-0.3, -0.25) is 10.1 Å². The third-order valence-electron chi connectivity index (χ3n) is 5.09. The van der Waals surface area contributed by atoms with Crippen molar-refractivity contribution in [2.24, 2.45) is 0 Å². The van der Waals surface area contributed by atoms with Crippen molar-refractivity contribution in [1.82, 2.24) is 10.0 Å². The monoisotopic (exact) mass is 486 g/mol. The van der Waals surface area contributed by atoms with Gasteiger partial charge in [0.25, 0.3) is 5.69 Å². The quantitative estimate of drug-likeness (QED) is 0.248. The second-order valence-electron chi connectivity index (χ2n) is 7.18. The van der Waals surface area contributed by atoms with E-state index in [4.69, 9.17) is 14.2 Å². The van der Waals surface area contributed by atoms with E-state index in [2.05, 4.69) is 0 Å². The van der Waals surface area contributed by atoms with E-state index in [9.17, 15) is 24.5 Å². The number of nitro groups is 1. The largest absolute Gasteiger partial charge is 0.463 e. The highest BCUT2D eigenvalue weighted by atomic mass is 16.6. The van der Waals surface area contributed by atoms with Crippen LogP contribution in [-0.2, 0) is 19.0 Å². The topological polar surface area (TPSA) is 132 Å². The van der Waals surface area contributed by atoms with Crippen molar-refractivity contribution in [3.8, 4) is 0 Å². The molecule has 0 radical (unpaired) electrons. The molecule has 12 heteroatoms. The minimum absolute atomic E-state index is 0.00557. The average molecular weight is 486 g/mol. The third-order valence-corrected chi connectivity index (χ3v) is 5.09. The normalized spacial score (nSPS) is 17.2. The van der Waals surface area contributed by atoms with E-state index in [-0.39, 0.29) is 25.5 Å². The molecule has 2 aromatic carbocycles. The number of rotatable bonds is 7. The Labute approximate surface area is 201 Å². The third kappa shape index (κ3) is 5.10. The fourth-order valence-electron chi connectivity index (χ4n) is 3.74. The molecule has 0 unspecified atom stereocenters. The molecule has 0 saturated carbocycles. The minimum Gasteiger partial charge on any atom is -0.463 e. The molecule has 2 aromatic rings. The number of carbonyl (C=O) groups excluding carboxylic acids is 3. The van der Waals surface area contributed by atoms with E-state index >= 15 is 0 Å². The van der Waals surface area contributed by atoms with Crippen LogP contribution in [0.25, 0.3) is 0 Å². The molecule has 35 heavy (non-hydrogen) atoms. The second-order valence-corrected chi connectivity index (χ2v) is 7.18. The molecule has 1 heterocycles. The Balaban J connectivity index is 2.27. The maximum atomic E-state index is 13.2. The Morgan fingerprint density at radius 3 is 1.89 bits per heavy atom. The van der Waals surface area contributed by atoms with E-state index in [0.29, 0.717) is 11.3 Å². The maximum Gasteiger partial charge on any atom is 0.431 e. The van der Waals surface area contributed by atoms with Crippen LogP contribution in [0.3, 0.4) is 0 Å². The first-order valence-electron chi connectivity index (χ1n) is 11.0. The van der Waals surface area contributed by atoms with Crippen molar-refractivity contribution in [3.05, 3.63) is 70.3 Å². The minimum atomic E-state index is -1.43. The highest BCUT2D eigenvalue weighted by Gasteiger charge is 2.56. The van der Waals surface area contributed by atoms with Gasteiger partial charge in [-0.1, -0.05) is 18.2 Å². The van der Waals surface area contributed by atoms with Gasteiger partial charge in [-0.2, -0.15) is 10.0 Å². The Hall–Kier alpha value is -4.35. The number of non-ortho nitro benzene ring substituents is 1. The highest BCUT2D eigenvalue weighted by Crippen LogP contribution is 2.42. The lowest BCUT2D eigenvalue weighted by Gasteiger charge is -2.30. The molecule has 2 atom stereocenters. The fourth-order valence-corrected chi connectivity index (χ4v) is 3.74. The Morgan fingerprint density at radius 2 is 1.37 bits per heavy atom. The highest BCUT2D eigenvalue weighted by molar-refractivity contribution is 5.88. The summed E-state index contributed by atoms with van der Waals surface area (Å²) in [4.78, 5) is 51.7. The summed E-state index contributed by atoms with van der Waals surface area (Å²) in [5.41, 5.74) is 0.702. The van der Waals surface area contributed by atoms with Crippen LogP contribution in [-0.4, -0.2) is 59.1 Å². The molecule has 0 bridgehead atoms. The molecular weight excluding hydrogens is 460 g/mol. The molecule has 1 aliphatic heterocycles. The average Bonchev–Trinajstić information content (AvgIpc) is 3.21. The van der Waals surface area contributed by atoms with E-state index in [1.807, 2.05) is 0 Å². The van der Waals surface area contributed by atoms with Crippen molar-refractivity contribution >= 4 is 29.5 Å².